The van der Waals surface area contributed by atoms with E-state index >= 15 is 0 Å². The molecule has 2 aliphatic heterocycles. The summed E-state index contributed by atoms with van der Waals surface area (Å²) in [6, 6.07) is 13.9. The third-order valence-corrected chi connectivity index (χ3v) is 7.42. The van der Waals surface area contributed by atoms with Crippen molar-refractivity contribution in [3.8, 4) is 0 Å². The van der Waals surface area contributed by atoms with Crippen LogP contribution in [0.5, 0.6) is 0 Å². The average molecular weight is 448 g/mol. The minimum absolute atomic E-state index is 0.0780. The number of benzene rings is 2. The summed E-state index contributed by atoms with van der Waals surface area (Å²) in [6.07, 6.45) is -0.378. The lowest BCUT2D eigenvalue weighted by Gasteiger charge is -2.38. The van der Waals surface area contributed by atoms with Gasteiger partial charge in [-0.15, -0.1) is 0 Å². The van der Waals surface area contributed by atoms with Crippen LogP contribution in [-0.2, 0) is 19.5 Å². The zero-order valence-electron chi connectivity index (χ0n) is 17.2. The van der Waals surface area contributed by atoms with Crippen molar-refractivity contribution < 1.29 is 22.8 Å². The first-order chi connectivity index (χ1) is 14.9. The van der Waals surface area contributed by atoms with Crippen molar-refractivity contribution in [2.45, 2.75) is 24.0 Å². The largest absolute Gasteiger partial charge is 0.379 e. The number of anilines is 1. The van der Waals surface area contributed by atoms with E-state index in [2.05, 4.69) is 0 Å². The zero-order chi connectivity index (χ0) is 22.0. The summed E-state index contributed by atoms with van der Waals surface area (Å²) >= 11 is 0. The van der Waals surface area contributed by atoms with Gasteiger partial charge < -0.3 is 14.4 Å². The van der Waals surface area contributed by atoms with E-state index < -0.39 is 14.9 Å². The maximum absolute atomic E-state index is 13.0. The molecule has 9 nitrogen and oxygen atoms in total. The number of nitro groups is 1. The molecule has 2 aromatic rings. The lowest BCUT2D eigenvalue weighted by Crippen LogP contribution is -2.43. The maximum Gasteiger partial charge on any atom is 0.293 e. The summed E-state index contributed by atoms with van der Waals surface area (Å²) in [4.78, 5) is 13.2. The van der Waals surface area contributed by atoms with Crippen molar-refractivity contribution in [1.29, 1.82) is 0 Å². The van der Waals surface area contributed by atoms with Crippen LogP contribution in [0, 0.1) is 10.1 Å². The molecule has 0 amide bonds. The van der Waals surface area contributed by atoms with E-state index in [0.717, 1.165) is 11.6 Å². The molecule has 0 bridgehead atoms. The number of nitro benzene ring substituents is 1. The lowest BCUT2D eigenvalue weighted by atomic mass is 10.1. The molecule has 166 valence electrons. The molecule has 2 atom stereocenters. The lowest BCUT2D eigenvalue weighted by molar-refractivity contribution is -0.384. The molecule has 0 radical (unpaired) electrons. The van der Waals surface area contributed by atoms with E-state index in [1.807, 2.05) is 42.2 Å². The fourth-order valence-corrected chi connectivity index (χ4v) is 5.44. The molecule has 2 aromatic carbocycles. The summed E-state index contributed by atoms with van der Waals surface area (Å²) in [5.74, 6) is 0. The fraction of sp³-hybridized carbons (Fsp3) is 0.429. The van der Waals surface area contributed by atoms with Gasteiger partial charge in [-0.25, -0.2) is 8.42 Å². The Hall–Kier alpha value is -2.53. The second kappa shape index (κ2) is 8.91. The van der Waals surface area contributed by atoms with Gasteiger partial charge >= 0.3 is 0 Å². The highest BCUT2D eigenvalue weighted by atomic mass is 32.2. The van der Waals surface area contributed by atoms with Crippen LogP contribution in [0.3, 0.4) is 0 Å². The highest BCUT2D eigenvalue weighted by molar-refractivity contribution is 7.89. The Bertz CT molecular complexity index is 1040. The Kier molecular flexibility index (Phi) is 6.24. The van der Waals surface area contributed by atoms with E-state index in [4.69, 9.17) is 9.47 Å². The molecule has 2 fully saturated rings. The van der Waals surface area contributed by atoms with Gasteiger partial charge in [0, 0.05) is 32.2 Å². The van der Waals surface area contributed by atoms with Crippen LogP contribution >= 0.6 is 0 Å². The van der Waals surface area contributed by atoms with Gasteiger partial charge in [0.1, 0.15) is 11.8 Å². The Morgan fingerprint density at radius 1 is 1.06 bits per heavy atom. The molecule has 2 unspecified atom stereocenters. The molecular weight excluding hydrogens is 422 g/mol. The zero-order valence-corrected chi connectivity index (χ0v) is 18.0. The van der Waals surface area contributed by atoms with Gasteiger partial charge in [-0.3, -0.25) is 10.1 Å². The first-order valence-electron chi connectivity index (χ1n) is 10.2. The molecule has 0 saturated carbocycles. The quantitative estimate of drug-likeness (QED) is 0.513. The van der Waals surface area contributed by atoms with Crippen molar-refractivity contribution in [2.24, 2.45) is 0 Å². The number of sulfonamides is 1. The first kappa shape index (κ1) is 21.7. The molecule has 10 heteroatoms. The highest BCUT2D eigenvalue weighted by Gasteiger charge is 2.33. The van der Waals surface area contributed by atoms with Gasteiger partial charge in [0.2, 0.25) is 10.0 Å². The van der Waals surface area contributed by atoms with Crippen LogP contribution in [0.4, 0.5) is 11.4 Å². The molecule has 31 heavy (non-hydrogen) atoms. The number of rotatable bonds is 5. The third kappa shape index (κ3) is 4.57. The van der Waals surface area contributed by atoms with Crippen molar-refractivity contribution in [2.75, 3.05) is 44.3 Å². The smallest absolute Gasteiger partial charge is 0.293 e. The van der Waals surface area contributed by atoms with Crippen LogP contribution in [0.15, 0.2) is 53.4 Å². The summed E-state index contributed by atoms with van der Waals surface area (Å²) in [6.45, 7) is 3.92. The molecular formula is C21H25N3O6S. The molecule has 2 aliphatic rings. The predicted molar refractivity (Wildman–Crippen MR) is 115 cm³/mol. The normalized spacial score (nSPS) is 22.9. The Labute approximate surface area is 181 Å². The van der Waals surface area contributed by atoms with E-state index in [1.54, 1.807) is 0 Å². The first-order valence-corrected chi connectivity index (χ1v) is 11.6. The van der Waals surface area contributed by atoms with Gasteiger partial charge in [0.25, 0.3) is 5.69 Å². The topological polar surface area (TPSA) is 102 Å². The molecule has 0 spiro atoms. The van der Waals surface area contributed by atoms with Crippen LogP contribution in [-0.4, -0.2) is 63.1 Å². The van der Waals surface area contributed by atoms with Crippen LogP contribution in [0.1, 0.15) is 18.6 Å². The standard InChI is InChI=1S/C21H25N3O6S/c1-16-14-22(15-21(30-16)17-5-3-2-4-6-17)19-8-7-18(13-20(19)24(25)26)31(27,28)23-9-11-29-12-10-23/h2-8,13,16,21H,9-12,14-15H2,1H3. The Morgan fingerprint density at radius 2 is 1.77 bits per heavy atom. The SMILES string of the molecule is CC1CN(c2ccc(S(=O)(=O)N3CCOCC3)cc2[N+](=O)[O-])CC(c2ccccc2)O1. The Morgan fingerprint density at radius 3 is 2.45 bits per heavy atom. The van der Waals surface area contributed by atoms with Crippen molar-refractivity contribution >= 4 is 21.4 Å². The number of hydrogen-bond acceptors (Lipinski definition) is 7. The molecule has 4 rings (SSSR count). The monoisotopic (exact) mass is 447 g/mol. The molecule has 0 aliphatic carbocycles. The van der Waals surface area contributed by atoms with Crippen molar-refractivity contribution in [3.63, 3.8) is 0 Å². The number of hydrogen-bond donors (Lipinski definition) is 0. The van der Waals surface area contributed by atoms with Gasteiger partial charge in [0.15, 0.2) is 0 Å². The van der Waals surface area contributed by atoms with E-state index in [9.17, 15) is 18.5 Å². The van der Waals surface area contributed by atoms with Gasteiger partial charge in [-0.05, 0) is 24.6 Å². The second-order valence-electron chi connectivity index (χ2n) is 7.68. The highest BCUT2D eigenvalue weighted by Crippen LogP contribution is 2.36. The van der Waals surface area contributed by atoms with E-state index in [-0.39, 0.29) is 35.9 Å². The molecule has 0 aromatic heterocycles. The van der Waals surface area contributed by atoms with Crippen LogP contribution in [0.2, 0.25) is 0 Å². The van der Waals surface area contributed by atoms with E-state index in [0.29, 0.717) is 32.0 Å². The van der Waals surface area contributed by atoms with E-state index in [1.165, 1.54) is 16.4 Å². The van der Waals surface area contributed by atoms with Crippen molar-refractivity contribution in [3.05, 3.63) is 64.2 Å². The summed E-state index contributed by atoms with van der Waals surface area (Å²) < 4.78 is 38.5. The second-order valence-corrected chi connectivity index (χ2v) is 9.61. The molecule has 0 N–H and O–H groups in total. The summed E-state index contributed by atoms with van der Waals surface area (Å²) in [7, 11) is -3.82. The minimum Gasteiger partial charge on any atom is -0.379 e. The predicted octanol–water partition coefficient (Wildman–Crippen LogP) is 2.58. The van der Waals surface area contributed by atoms with Gasteiger partial charge in [0.05, 0.1) is 29.1 Å². The van der Waals surface area contributed by atoms with Crippen LogP contribution in [0.25, 0.3) is 0 Å². The van der Waals surface area contributed by atoms with Crippen LogP contribution < -0.4 is 4.90 Å². The third-order valence-electron chi connectivity index (χ3n) is 5.52. The van der Waals surface area contributed by atoms with Gasteiger partial charge in [-0.2, -0.15) is 4.31 Å². The molecule has 2 saturated heterocycles. The summed E-state index contributed by atoms with van der Waals surface area (Å²) in [5, 5.41) is 11.9. The minimum atomic E-state index is -3.82. The Balaban J connectivity index is 1.66. The average Bonchev–Trinajstić information content (AvgIpc) is 2.79. The number of morpholine rings is 2. The maximum atomic E-state index is 13.0. The van der Waals surface area contributed by atoms with Crippen molar-refractivity contribution in [1.82, 2.24) is 4.31 Å². The summed E-state index contributed by atoms with van der Waals surface area (Å²) in [5.41, 5.74) is 1.16. The number of ether oxygens (including phenoxy) is 2. The number of nitrogens with zero attached hydrogens (tertiary/aromatic N) is 3. The fourth-order valence-electron chi connectivity index (χ4n) is 4.01. The van der Waals surface area contributed by atoms with Gasteiger partial charge in [-0.1, -0.05) is 30.3 Å². The molecule has 2 heterocycles.